The zero-order valence-electron chi connectivity index (χ0n) is 18.0. The first kappa shape index (κ1) is 20.3. The average molecular weight is 426 g/mol. The minimum absolute atomic E-state index is 0.0432. The van der Waals surface area contributed by atoms with Gasteiger partial charge in [-0.2, -0.15) is 0 Å². The van der Waals surface area contributed by atoms with Gasteiger partial charge in [0.05, 0.1) is 18.9 Å². The van der Waals surface area contributed by atoms with Crippen molar-refractivity contribution in [3.05, 3.63) is 29.8 Å². The Morgan fingerprint density at radius 1 is 1.17 bits per heavy atom. The fraction of sp³-hybridized carbons (Fsp3) is 0.625. The number of carbonyl (C=O) groups excluding carboxylic acids is 1. The Morgan fingerprint density at radius 3 is 2.50 bits per heavy atom. The molecule has 30 heavy (non-hydrogen) atoms. The van der Waals surface area contributed by atoms with Crippen molar-refractivity contribution < 1.29 is 9.53 Å². The molecule has 1 aromatic carbocycles. The van der Waals surface area contributed by atoms with Crippen LogP contribution in [0.15, 0.2) is 29.4 Å². The van der Waals surface area contributed by atoms with Gasteiger partial charge in [-0.1, -0.05) is 35.5 Å². The molecule has 6 heteroatoms. The van der Waals surface area contributed by atoms with Gasteiger partial charge < -0.3 is 4.74 Å². The summed E-state index contributed by atoms with van der Waals surface area (Å²) in [4.78, 5) is 13.4. The first-order valence-corrected chi connectivity index (χ1v) is 12.2. The second kappa shape index (κ2) is 8.12. The minimum Gasteiger partial charge on any atom is -0.383 e. The molecule has 4 saturated carbocycles. The van der Waals surface area contributed by atoms with E-state index in [1.54, 1.807) is 18.9 Å². The second-order valence-electron chi connectivity index (χ2n) is 9.73. The molecule has 0 N–H and O–H groups in total. The van der Waals surface area contributed by atoms with Crippen LogP contribution in [0, 0.1) is 30.1 Å². The van der Waals surface area contributed by atoms with Crippen LogP contribution in [0.1, 0.15) is 44.1 Å². The van der Waals surface area contributed by atoms with E-state index in [0.717, 1.165) is 53.6 Å². The Bertz CT molecular complexity index is 903. The van der Waals surface area contributed by atoms with Gasteiger partial charge in [0.1, 0.15) is 5.78 Å². The van der Waals surface area contributed by atoms with E-state index >= 15 is 0 Å². The maximum atomic E-state index is 13.4. The zero-order chi connectivity index (χ0) is 20.7. The third-order valence-electron chi connectivity index (χ3n) is 7.47. The molecule has 0 atom stereocenters. The number of aromatic nitrogens is 3. The maximum Gasteiger partial charge on any atom is 0.192 e. The van der Waals surface area contributed by atoms with Crippen LogP contribution in [-0.4, -0.2) is 40.0 Å². The molecule has 0 spiro atoms. The lowest BCUT2D eigenvalue weighted by Gasteiger charge is -2.56. The van der Waals surface area contributed by atoms with Crippen molar-refractivity contribution >= 4 is 17.5 Å². The Morgan fingerprint density at radius 2 is 1.87 bits per heavy atom. The monoisotopic (exact) mass is 425 g/mol. The van der Waals surface area contributed by atoms with Crippen LogP contribution < -0.4 is 0 Å². The summed E-state index contributed by atoms with van der Waals surface area (Å²) in [6, 6.07) is 8.32. The van der Waals surface area contributed by atoms with Crippen molar-refractivity contribution in [2.24, 2.45) is 23.2 Å². The van der Waals surface area contributed by atoms with Crippen LogP contribution in [0.2, 0.25) is 0 Å². The first-order valence-electron chi connectivity index (χ1n) is 11.2. The number of hydrogen-bond donors (Lipinski definition) is 0. The Labute approximate surface area is 183 Å². The average Bonchev–Trinajstić information content (AvgIpc) is 3.12. The quantitative estimate of drug-likeness (QED) is 0.570. The molecule has 0 aliphatic heterocycles. The van der Waals surface area contributed by atoms with Crippen LogP contribution >= 0.6 is 11.8 Å². The summed E-state index contributed by atoms with van der Waals surface area (Å²) in [6.45, 7) is 3.35. The Balaban J connectivity index is 1.34. The summed E-state index contributed by atoms with van der Waals surface area (Å²) in [7, 11) is 1.71. The van der Waals surface area contributed by atoms with E-state index < -0.39 is 0 Å². The predicted molar refractivity (Wildman–Crippen MR) is 118 cm³/mol. The van der Waals surface area contributed by atoms with Crippen molar-refractivity contribution in [1.29, 1.82) is 0 Å². The van der Waals surface area contributed by atoms with Crippen LogP contribution in [0.3, 0.4) is 0 Å². The van der Waals surface area contributed by atoms with Crippen LogP contribution in [0.25, 0.3) is 11.4 Å². The zero-order valence-corrected chi connectivity index (χ0v) is 18.8. The molecule has 4 aliphatic carbocycles. The fourth-order valence-electron chi connectivity index (χ4n) is 6.51. The summed E-state index contributed by atoms with van der Waals surface area (Å²) in [5.74, 6) is 4.19. The van der Waals surface area contributed by atoms with Crippen molar-refractivity contribution in [2.75, 3.05) is 19.5 Å². The lowest BCUT2D eigenvalue weighted by atomic mass is 9.48. The number of hydrogen-bond acceptors (Lipinski definition) is 5. The lowest BCUT2D eigenvalue weighted by molar-refractivity contribution is -0.141. The third-order valence-corrected chi connectivity index (χ3v) is 8.44. The molecule has 1 aromatic heterocycles. The van der Waals surface area contributed by atoms with E-state index in [1.807, 2.05) is 6.07 Å². The van der Waals surface area contributed by atoms with Gasteiger partial charge in [-0.15, -0.1) is 10.2 Å². The van der Waals surface area contributed by atoms with Gasteiger partial charge >= 0.3 is 0 Å². The Hall–Kier alpha value is -1.66. The molecule has 5 nitrogen and oxygen atoms in total. The molecule has 0 amide bonds. The topological polar surface area (TPSA) is 57.0 Å². The number of ketones is 1. The SMILES string of the molecule is COCCn1c(SCC(=O)C23CC4CC(CC(C4)C2)C3)nnc1-c1cccc(C)c1. The van der Waals surface area contributed by atoms with Crippen molar-refractivity contribution in [1.82, 2.24) is 14.8 Å². The summed E-state index contributed by atoms with van der Waals surface area (Å²) in [5, 5.41) is 9.76. The van der Waals surface area contributed by atoms with E-state index in [1.165, 1.54) is 24.8 Å². The highest BCUT2D eigenvalue weighted by Crippen LogP contribution is 2.60. The highest BCUT2D eigenvalue weighted by atomic mass is 32.2. The van der Waals surface area contributed by atoms with Crippen LogP contribution in [-0.2, 0) is 16.1 Å². The molecular formula is C24H31N3O2S. The Kier molecular flexibility index (Phi) is 5.48. The van der Waals surface area contributed by atoms with Crippen molar-refractivity contribution in [3.63, 3.8) is 0 Å². The van der Waals surface area contributed by atoms with Crippen LogP contribution in [0.4, 0.5) is 0 Å². The number of benzene rings is 1. The standard InChI is InChI=1S/C24H31N3O2S/c1-16-4-3-5-20(8-16)22-25-26-23(27(22)6-7-29-2)30-15-21(28)24-12-17-9-18(13-24)11-19(10-17)14-24/h3-5,8,17-19H,6-7,9-15H2,1-2H3. The van der Waals surface area contributed by atoms with Gasteiger partial charge in [-0.3, -0.25) is 9.36 Å². The number of carbonyl (C=O) groups is 1. The van der Waals surface area contributed by atoms with Gasteiger partial charge in [0.2, 0.25) is 0 Å². The maximum absolute atomic E-state index is 13.4. The van der Waals surface area contributed by atoms with Crippen molar-refractivity contribution in [2.45, 2.75) is 57.1 Å². The number of Topliss-reactive ketones (excluding diaryl/α,β-unsaturated/α-hetero) is 1. The van der Waals surface area contributed by atoms with Crippen LogP contribution in [0.5, 0.6) is 0 Å². The first-order chi connectivity index (χ1) is 14.6. The number of aryl methyl sites for hydroxylation is 1. The van der Waals surface area contributed by atoms with Gasteiger partial charge in [-0.25, -0.2) is 0 Å². The van der Waals surface area contributed by atoms with E-state index in [9.17, 15) is 4.79 Å². The van der Waals surface area contributed by atoms with Gasteiger partial charge in [0, 0.05) is 18.1 Å². The molecule has 6 rings (SSSR count). The van der Waals surface area contributed by atoms with Gasteiger partial charge in [-0.05, 0) is 69.3 Å². The van der Waals surface area contributed by atoms with Gasteiger partial charge in [0.25, 0.3) is 0 Å². The number of ether oxygens (including phenoxy) is 1. The summed E-state index contributed by atoms with van der Waals surface area (Å²) in [5.41, 5.74) is 2.20. The number of methoxy groups -OCH3 is 1. The highest BCUT2D eigenvalue weighted by Gasteiger charge is 2.54. The summed E-state index contributed by atoms with van der Waals surface area (Å²) >= 11 is 1.56. The lowest BCUT2D eigenvalue weighted by Crippen LogP contribution is -2.50. The normalized spacial score (nSPS) is 29.5. The molecule has 4 fully saturated rings. The van der Waals surface area contributed by atoms with Gasteiger partial charge in [0.15, 0.2) is 11.0 Å². The summed E-state index contributed by atoms with van der Waals surface area (Å²) < 4.78 is 7.43. The van der Waals surface area contributed by atoms with E-state index in [4.69, 9.17) is 4.74 Å². The molecule has 0 saturated heterocycles. The molecule has 160 valence electrons. The fourth-order valence-corrected chi connectivity index (χ4v) is 7.51. The molecular weight excluding hydrogens is 394 g/mol. The van der Waals surface area contributed by atoms with Crippen molar-refractivity contribution in [3.8, 4) is 11.4 Å². The highest BCUT2D eigenvalue weighted by molar-refractivity contribution is 7.99. The largest absolute Gasteiger partial charge is 0.383 e. The molecule has 0 radical (unpaired) electrons. The number of rotatable bonds is 8. The van der Waals surface area contributed by atoms with E-state index in [2.05, 4.69) is 39.9 Å². The molecule has 2 aromatic rings. The smallest absolute Gasteiger partial charge is 0.192 e. The minimum atomic E-state index is -0.0432. The van der Waals surface area contributed by atoms with E-state index in [-0.39, 0.29) is 5.41 Å². The summed E-state index contributed by atoms with van der Waals surface area (Å²) in [6.07, 6.45) is 7.48. The molecule has 4 bridgehead atoms. The molecule has 4 aliphatic rings. The molecule has 0 unspecified atom stereocenters. The predicted octanol–water partition coefficient (Wildman–Crippen LogP) is 4.78. The molecule has 1 heterocycles. The second-order valence-corrected chi connectivity index (χ2v) is 10.7. The third kappa shape index (κ3) is 3.73. The van der Waals surface area contributed by atoms with E-state index in [0.29, 0.717) is 24.7 Å². The number of nitrogens with zero attached hydrogens (tertiary/aromatic N) is 3. The number of thioether (sulfide) groups is 1.